The fourth-order valence-corrected chi connectivity index (χ4v) is 4.51. The van der Waals surface area contributed by atoms with Crippen molar-refractivity contribution in [2.24, 2.45) is 0 Å². The second kappa shape index (κ2) is 9.38. The lowest BCUT2D eigenvalue weighted by Crippen LogP contribution is -2.22. The minimum atomic E-state index is -0.313. The lowest BCUT2D eigenvalue weighted by Gasteiger charge is -2.07. The SMILES string of the molecule is O=C(NCc1ccc(F)cc1)c1nnc(CSc2nccn2-c2cccc(Cl)c2)s1. The van der Waals surface area contributed by atoms with Crippen LogP contribution in [0.15, 0.2) is 66.1 Å². The number of amides is 1. The second-order valence-electron chi connectivity index (χ2n) is 6.16. The maximum Gasteiger partial charge on any atom is 0.282 e. The molecule has 0 fully saturated rings. The number of aromatic nitrogens is 4. The van der Waals surface area contributed by atoms with Gasteiger partial charge in [0.15, 0.2) is 5.16 Å². The average Bonchev–Trinajstić information content (AvgIpc) is 3.41. The molecule has 0 aliphatic carbocycles. The van der Waals surface area contributed by atoms with E-state index < -0.39 is 0 Å². The summed E-state index contributed by atoms with van der Waals surface area (Å²) in [5.74, 6) is -0.0960. The molecule has 10 heteroatoms. The summed E-state index contributed by atoms with van der Waals surface area (Å²) < 4.78 is 14.9. The Kier molecular flexibility index (Phi) is 6.41. The number of carbonyl (C=O) groups is 1. The first-order valence-corrected chi connectivity index (χ1v) is 11.0. The number of nitrogens with one attached hydrogen (secondary N) is 1. The third kappa shape index (κ3) is 5.05. The van der Waals surface area contributed by atoms with Crippen LogP contribution in [0, 0.1) is 5.82 Å². The van der Waals surface area contributed by atoms with Crippen LogP contribution in [0.4, 0.5) is 4.39 Å². The quantitative estimate of drug-likeness (QED) is 0.404. The van der Waals surface area contributed by atoms with Crippen molar-refractivity contribution < 1.29 is 9.18 Å². The average molecular weight is 460 g/mol. The molecule has 0 saturated heterocycles. The number of benzene rings is 2. The molecule has 6 nitrogen and oxygen atoms in total. The van der Waals surface area contributed by atoms with Gasteiger partial charge in [0.1, 0.15) is 10.8 Å². The van der Waals surface area contributed by atoms with Crippen molar-refractivity contribution in [3.05, 3.63) is 87.3 Å². The van der Waals surface area contributed by atoms with E-state index in [1.807, 2.05) is 35.0 Å². The van der Waals surface area contributed by atoms with Gasteiger partial charge < -0.3 is 5.32 Å². The zero-order valence-electron chi connectivity index (χ0n) is 15.5. The van der Waals surface area contributed by atoms with Crippen LogP contribution < -0.4 is 5.32 Å². The van der Waals surface area contributed by atoms with Gasteiger partial charge in [-0.15, -0.1) is 10.2 Å². The lowest BCUT2D eigenvalue weighted by molar-refractivity contribution is 0.0950. The van der Waals surface area contributed by atoms with Crippen molar-refractivity contribution in [3.63, 3.8) is 0 Å². The minimum Gasteiger partial charge on any atom is -0.346 e. The molecule has 0 aliphatic rings. The first kappa shape index (κ1) is 20.5. The summed E-state index contributed by atoms with van der Waals surface area (Å²) in [7, 11) is 0. The fraction of sp³-hybridized carbons (Fsp3) is 0.100. The van der Waals surface area contributed by atoms with Crippen molar-refractivity contribution in [1.82, 2.24) is 25.1 Å². The maximum absolute atomic E-state index is 12.9. The zero-order chi connectivity index (χ0) is 20.9. The summed E-state index contributed by atoms with van der Waals surface area (Å²) in [4.78, 5) is 16.7. The van der Waals surface area contributed by atoms with Gasteiger partial charge in [-0.3, -0.25) is 9.36 Å². The van der Waals surface area contributed by atoms with Crippen LogP contribution in [0.5, 0.6) is 0 Å². The predicted molar refractivity (Wildman–Crippen MR) is 116 cm³/mol. The molecule has 2 aromatic heterocycles. The van der Waals surface area contributed by atoms with E-state index in [0.717, 1.165) is 16.4 Å². The van der Waals surface area contributed by atoms with Crippen molar-refractivity contribution in [3.8, 4) is 5.69 Å². The Bertz CT molecular complexity index is 1160. The zero-order valence-corrected chi connectivity index (χ0v) is 17.8. The molecule has 0 unspecified atom stereocenters. The molecule has 1 N–H and O–H groups in total. The number of rotatable bonds is 7. The Morgan fingerprint density at radius 1 is 1.20 bits per heavy atom. The van der Waals surface area contributed by atoms with Gasteiger partial charge in [-0.05, 0) is 35.9 Å². The molecule has 152 valence electrons. The van der Waals surface area contributed by atoms with Crippen LogP contribution >= 0.6 is 34.7 Å². The number of hydrogen-bond acceptors (Lipinski definition) is 6. The van der Waals surface area contributed by atoms with Crippen LogP contribution in [0.2, 0.25) is 5.02 Å². The topological polar surface area (TPSA) is 72.7 Å². The number of halogens is 2. The number of imidazole rings is 1. The van der Waals surface area contributed by atoms with Crippen molar-refractivity contribution >= 4 is 40.6 Å². The second-order valence-corrected chi connectivity index (χ2v) is 8.60. The molecule has 30 heavy (non-hydrogen) atoms. The molecule has 0 atom stereocenters. The van der Waals surface area contributed by atoms with E-state index in [2.05, 4.69) is 20.5 Å². The van der Waals surface area contributed by atoms with E-state index in [0.29, 0.717) is 22.3 Å². The summed E-state index contributed by atoms with van der Waals surface area (Å²) >= 11 is 8.80. The van der Waals surface area contributed by atoms with E-state index >= 15 is 0 Å². The molecule has 4 aromatic rings. The van der Waals surface area contributed by atoms with Gasteiger partial charge in [-0.1, -0.05) is 52.9 Å². The van der Waals surface area contributed by atoms with Crippen molar-refractivity contribution in [2.75, 3.05) is 0 Å². The molecule has 2 aromatic carbocycles. The summed E-state index contributed by atoms with van der Waals surface area (Å²) in [6.07, 6.45) is 3.58. The largest absolute Gasteiger partial charge is 0.346 e. The Hall–Kier alpha value is -2.75. The summed E-state index contributed by atoms with van der Waals surface area (Å²) in [6.45, 7) is 0.292. The van der Waals surface area contributed by atoms with Gasteiger partial charge in [0, 0.05) is 29.6 Å². The molecule has 2 heterocycles. The number of nitrogens with zero attached hydrogens (tertiary/aromatic N) is 4. The molecule has 0 bridgehead atoms. The highest BCUT2D eigenvalue weighted by atomic mass is 35.5. The standard InChI is InChI=1S/C20H15ClFN5OS2/c21-14-2-1-3-16(10-14)27-9-8-23-20(27)29-12-17-25-26-19(30-17)18(28)24-11-13-4-6-15(22)7-5-13/h1-10H,11-12H2,(H,24,28). The summed E-state index contributed by atoms with van der Waals surface area (Å²) in [5, 5.41) is 13.3. The van der Waals surface area contributed by atoms with E-state index in [4.69, 9.17) is 11.6 Å². The van der Waals surface area contributed by atoms with Gasteiger partial charge in [-0.25, -0.2) is 9.37 Å². The summed E-state index contributed by atoms with van der Waals surface area (Å²) in [6, 6.07) is 13.5. The smallest absolute Gasteiger partial charge is 0.282 e. The molecule has 0 radical (unpaired) electrons. The molecule has 0 spiro atoms. The predicted octanol–water partition coefficient (Wildman–Crippen LogP) is 4.74. The molecule has 1 amide bonds. The highest BCUT2D eigenvalue weighted by molar-refractivity contribution is 7.98. The van der Waals surface area contributed by atoms with Gasteiger partial charge in [0.05, 0.1) is 5.75 Å². The van der Waals surface area contributed by atoms with Crippen molar-refractivity contribution in [2.45, 2.75) is 17.5 Å². The van der Waals surface area contributed by atoms with Crippen LogP contribution in [0.25, 0.3) is 5.69 Å². The third-order valence-corrected chi connectivity index (χ3v) is 6.36. The molecular formula is C20H15ClFN5OS2. The van der Waals surface area contributed by atoms with Crippen LogP contribution in [0.3, 0.4) is 0 Å². The number of carbonyl (C=O) groups excluding carboxylic acids is 1. The lowest BCUT2D eigenvalue weighted by atomic mass is 10.2. The van der Waals surface area contributed by atoms with E-state index in [1.165, 1.54) is 35.2 Å². The van der Waals surface area contributed by atoms with E-state index in [1.54, 1.807) is 18.3 Å². The monoisotopic (exact) mass is 459 g/mol. The van der Waals surface area contributed by atoms with Gasteiger partial charge in [0.2, 0.25) is 5.01 Å². The van der Waals surface area contributed by atoms with Crippen molar-refractivity contribution in [1.29, 1.82) is 0 Å². The maximum atomic E-state index is 12.9. The van der Waals surface area contributed by atoms with Gasteiger partial charge in [0.25, 0.3) is 5.91 Å². The normalized spacial score (nSPS) is 10.9. The van der Waals surface area contributed by atoms with Gasteiger partial charge >= 0.3 is 0 Å². The van der Waals surface area contributed by atoms with Crippen LogP contribution in [-0.4, -0.2) is 25.7 Å². The van der Waals surface area contributed by atoms with Crippen LogP contribution in [0.1, 0.15) is 20.4 Å². The Labute approximate surface area is 185 Å². The summed E-state index contributed by atoms with van der Waals surface area (Å²) in [5.41, 5.74) is 1.72. The highest BCUT2D eigenvalue weighted by Crippen LogP contribution is 2.26. The molecular weight excluding hydrogens is 445 g/mol. The molecule has 0 aliphatic heterocycles. The first-order valence-electron chi connectivity index (χ1n) is 8.85. The Morgan fingerprint density at radius 3 is 2.83 bits per heavy atom. The molecule has 0 saturated carbocycles. The van der Waals surface area contributed by atoms with E-state index in [9.17, 15) is 9.18 Å². The van der Waals surface area contributed by atoms with Crippen LogP contribution in [-0.2, 0) is 12.3 Å². The molecule has 4 rings (SSSR count). The first-order chi connectivity index (χ1) is 14.6. The fourth-order valence-electron chi connectivity index (χ4n) is 2.61. The highest BCUT2D eigenvalue weighted by Gasteiger charge is 2.14. The Morgan fingerprint density at radius 2 is 2.03 bits per heavy atom. The third-order valence-electron chi connectivity index (χ3n) is 4.05. The minimum absolute atomic E-state index is 0.283. The number of thioether (sulfide) groups is 1. The Balaban J connectivity index is 1.36. The van der Waals surface area contributed by atoms with Gasteiger partial charge in [-0.2, -0.15) is 0 Å². The number of hydrogen-bond donors (Lipinski definition) is 1. The van der Waals surface area contributed by atoms with E-state index in [-0.39, 0.29) is 16.7 Å².